The van der Waals surface area contributed by atoms with Gasteiger partial charge in [-0.25, -0.2) is 4.85 Å². The summed E-state index contributed by atoms with van der Waals surface area (Å²) in [4.78, 5) is 21.9. The number of likely N-dealkylation sites (tertiary alicyclic amines) is 1. The fraction of sp³-hybridized carbons (Fsp3) is 0.235. The molecular formula is C34H22F3N5OS. The first-order valence-corrected chi connectivity index (χ1v) is 13.3. The predicted molar refractivity (Wildman–Crippen MR) is 166 cm³/mol. The van der Waals surface area contributed by atoms with Crippen LogP contribution in [0.5, 0.6) is 0 Å². The summed E-state index contributed by atoms with van der Waals surface area (Å²) in [7, 11) is 1.97. The monoisotopic (exact) mass is 605 g/mol. The van der Waals surface area contributed by atoms with Crippen molar-refractivity contribution in [3.8, 4) is 65.8 Å². The highest BCUT2D eigenvalue weighted by atomic mass is 32.1. The lowest BCUT2D eigenvalue weighted by Crippen LogP contribution is -2.56. The Hall–Kier alpha value is -5.67. The molecule has 0 unspecified atom stereocenters. The molecule has 4 rings (SSSR count). The van der Waals surface area contributed by atoms with Gasteiger partial charge < -0.3 is 9.80 Å². The highest BCUT2D eigenvalue weighted by Crippen LogP contribution is 2.44. The minimum atomic E-state index is -4.72. The molecular weight excluding hydrogens is 583 g/mol. The number of hydrogen-bond donors (Lipinski definition) is 0. The number of benzene rings is 2. The van der Waals surface area contributed by atoms with E-state index >= 15 is 0 Å². The van der Waals surface area contributed by atoms with Crippen LogP contribution in [-0.4, -0.2) is 41.6 Å². The molecule has 0 aliphatic carbocycles. The van der Waals surface area contributed by atoms with E-state index in [4.69, 9.17) is 30.5 Å². The van der Waals surface area contributed by atoms with E-state index in [1.165, 1.54) is 11.0 Å². The molecule has 6 nitrogen and oxygen atoms in total. The van der Waals surface area contributed by atoms with Crippen LogP contribution in [0.2, 0.25) is 0 Å². The summed E-state index contributed by atoms with van der Waals surface area (Å²) in [6.45, 7) is 10.3. The molecule has 2 aromatic rings. The van der Waals surface area contributed by atoms with Gasteiger partial charge in [-0.3, -0.25) is 9.69 Å². The molecule has 0 atom stereocenters. The maximum Gasteiger partial charge on any atom is 0.407 e. The Balaban J connectivity index is 0.000000375. The number of carbonyl (C=O) groups excluding carboxylic acids is 1. The Labute approximate surface area is 260 Å². The number of piperidine rings is 1. The van der Waals surface area contributed by atoms with E-state index in [-0.39, 0.29) is 16.7 Å². The van der Waals surface area contributed by atoms with E-state index in [0.29, 0.717) is 25.9 Å². The number of alkyl halides is 3. The van der Waals surface area contributed by atoms with E-state index in [2.05, 4.69) is 63.0 Å². The molecule has 2 heterocycles. The number of hydrogen-bond acceptors (Lipinski definition) is 4. The minimum absolute atomic E-state index is 0.0210. The van der Waals surface area contributed by atoms with Gasteiger partial charge >= 0.3 is 6.18 Å². The smallest absolute Gasteiger partial charge is 0.306 e. The Morgan fingerprint density at radius 2 is 1.50 bits per heavy atom. The van der Waals surface area contributed by atoms with E-state index in [1.807, 2.05) is 38.2 Å². The van der Waals surface area contributed by atoms with Crippen molar-refractivity contribution in [3.63, 3.8) is 0 Å². The normalized spacial score (nSPS) is 14.8. The number of aryl methyl sites for hydroxylation is 1. The molecule has 44 heavy (non-hydrogen) atoms. The number of thiocarbonyl (C=S) groups is 1. The minimum Gasteiger partial charge on any atom is -0.306 e. The quantitative estimate of drug-likeness (QED) is 0.264. The lowest BCUT2D eigenvalue weighted by molar-refractivity contribution is -0.136. The number of nitrogens with zero attached hydrogens (tertiary/aromatic N) is 5. The van der Waals surface area contributed by atoms with Crippen LogP contribution in [0, 0.1) is 84.5 Å². The van der Waals surface area contributed by atoms with Crippen molar-refractivity contribution in [2.75, 3.05) is 29.9 Å². The summed E-state index contributed by atoms with van der Waals surface area (Å²) in [5.41, 5.74) is -0.753. The molecule has 10 heteroatoms. The summed E-state index contributed by atoms with van der Waals surface area (Å²) in [5.74, 6) is 20.3. The predicted octanol–water partition coefficient (Wildman–Crippen LogP) is 5.32. The molecule has 0 saturated carbocycles. The molecule has 0 radical (unpaired) electrons. The van der Waals surface area contributed by atoms with Gasteiger partial charge in [-0.2, -0.15) is 18.4 Å². The fourth-order valence-corrected chi connectivity index (χ4v) is 5.09. The van der Waals surface area contributed by atoms with Crippen molar-refractivity contribution in [1.82, 2.24) is 4.90 Å². The van der Waals surface area contributed by atoms with Crippen molar-refractivity contribution in [2.24, 2.45) is 0 Å². The van der Waals surface area contributed by atoms with Crippen LogP contribution in [0.3, 0.4) is 0 Å². The molecule has 0 aromatic heterocycles. The third-order valence-electron chi connectivity index (χ3n) is 6.75. The zero-order valence-electron chi connectivity index (χ0n) is 23.6. The van der Waals surface area contributed by atoms with Gasteiger partial charge in [0.2, 0.25) is 0 Å². The van der Waals surface area contributed by atoms with Crippen molar-refractivity contribution in [2.45, 2.75) is 31.5 Å². The van der Waals surface area contributed by atoms with Crippen molar-refractivity contribution >= 4 is 40.3 Å². The number of carbonyl (C=O) groups is 1. The largest absolute Gasteiger partial charge is 0.407 e. The number of halogens is 3. The fourth-order valence-electron chi connectivity index (χ4n) is 4.62. The lowest BCUT2D eigenvalue weighted by atomic mass is 9.85. The molecule has 2 aliphatic heterocycles. The van der Waals surface area contributed by atoms with Crippen LogP contribution >= 0.6 is 12.2 Å². The molecule has 0 N–H and O–H groups in total. The number of rotatable bonds is 2. The summed E-state index contributed by atoms with van der Waals surface area (Å²) < 4.78 is 40.7. The van der Waals surface area contributed by atoms with Crippen molar-refractivity contribution < 1.29 is 18.0 Å². The standard InChI is InChI=1S/C23H21F3N4OS.C11HN/c1-15-4-6-16(7-5-15)30-21(32)29(20(31)22(30)10-12-28(3)13-11-22)17-8-9-19(27-2)18(14-17)23(24,25)26;1-2-3-4-5-6-7-8-9-10-11-12/h4-9,14H,10-13H2,1,3H3;1H. The van der Waals surface area contributed by atoms with Crippen molar-refractivity contribution in [1.29, 1.82) is 5.26 Å². The number of anilines is 2. The second-order valence-electron chi connectivity index (χ2n) is 9.50. The van der Waals surface area contributed by atoms with Gasteiger partial charge in [-0.15, -0.1) is 6.42 Å². The molecule has 2 saturated heterocycles. The van der Waals surface area contributed by atoms with Gasteiger partial charge in [-0.05, 0) is 87.0 Å². The van der Waals surface area contributed by atoms with Gasteiger partial charge in [0.05, 0.1) is 12.1 Å². The number of nitriles is 1. The Kier molecular flexibility index (Phi) is 10.8. The third-order valence-corrected chi connectivity index (χ3v) is 7.11. The second kappa shape index (κ2) is 14.5. The van der Waals surface area contributed by atoms with Crippen LogP contribution in [0.25, 0.3) is 4.85 Å². The highest BCUT2D eigenvalue weighted by Gasteiger charge is 2.57. The van der Waals surface area contributed by atoms with E-state index in [9.17, 15) is 18.0 Å². The summed E-state index contributed by atoms with van der Waals surface area (Å²) in [6, 6.07) is 12.5. The zero-order chi connectivity index (χ0) is 32.3. The highest BCUT2D eigenvalue weighted by molar-refractivity contribution is 7.81. The van der Waals surface area contributed by atoms with Gasteiger partial charge in [0.15, 0.2) is 16.9 Å². The molecule has 2 aromatic carbocycles. The summed E-state index contributed by atoms with van der Waals surface area (Å²) in [5, 5.41) is 8.11. The third kappa shape index (κ3) is 7.39. The first-order valence-electron chi connectivity index (χ1n) is 12.9. The number of terminal acetylenes is 1. The van der Waals surface area contributed by atoms with Crippen LogP contribution < -0.4 is 9.80 Å². The summed E-state index contributed by atoms with van der Waals surface area (Å²) in [6.07, 6.45) is 1.10. The topological polar surface area (TPSA) is 54.9 Å². The maximum atomic E-state index is 13.8. The second-order valence-corrected chi connectivity index (χ2v) is 9.86. The summed E-state index contributed by atoms with van der Waals surface area (Å²) >= 11 is 5.69. The van der Waals surface area contributed by atoms with Gasteiger partial charge in [-0.1, -0.05) is 23.8 Å². The molecule has 216 valence electrons. The van der Waals surface area contributed by atoms with E-state index < -0.39 is 23.0 Å². The Bertz CT molecular complexity index is 1790. The van der Waals surface area contributed by atoms with Gasteiger partial charge in [0.25, 0.3) is 5.91 Å². The number of amides is 1. The van der Waals surface area contributed by atoms with Gasteiger partial charge in [0.1, 0.15) is 5.54 Å². The SMILES string of the molecule is C#CC#CC#CC#CC#CC#N.[C-]#[N+]c1ccc(N2C(=O)C3(CCN(C)CC3)N(c3ccc(C)cc3)C2=S)cc1C(F)(F)F. The van der Waals surface area contributed by atoms with E-state index in [1.54, 1.807) is 11.0 Å². The van der Waals surface area contributed by atoms with Gasteiger partial charge in [0, 0.05) is 54.1 Å². The molecule has 1 spiro atoms. The van der Waals surface area contributed by atoms with Crippen LogP contribution in [0.4, 0.5) is 30.2 Å². The molecule has 2 aliphatic rings. The Morgan fingerprint density at radius 1 is 0.955 bits per heavy atom. The average Bonchev–Trinajstić information content (AvgIpc) is 3.21. The average molecular weight is 606 g/mol. The van der Waals surface area contributed by atoms with Crippen molar-refractivity contribution in [3.05, 3.63) is 65.0 Å². The van der Waals surface area contributed by atoms with E-state index in [0.717, 1.165) is 23.4 Å². The first-order chi connectivity index (χ1) is 21.0. The van der Waals surface area contributed by atoms with Crippen LogP contribution in [0.1, 0.15) is 24.0 Å². The van der Waals surface area contributed by atoms with Crippen LogP contribution in [-0.2, 0) is 11.0 Å². The zero-order valence-corrected chi connectivity index (χ0v) is 24.5. The first kappa shape index (κ1) is 32.8. The molecule has 1 amide bonds. The van der Waals surface area contributed by atoms with Crippen LogP contribution in [0.15, 0.2) is 42.5 Å². The molecule has 0 bridgehead atoms. The lowest BCUT2D eigenvalue weighted by Gasteiger charge is -2.41. The molecule has 2 fully saturated rings. The Morgan fingerprint density at radius 3 is 2.02 bits per heavy atom. The maximum absolute atomic E-state index is 13.8.